The van der Waals surface area contributed by atoms with E-state index in [-0.39, 0.29) is 5.97 Å². The lowest BCUT2D eigenvalue weighted by Gasteiger charge is -2.16. The van der Waals surface area contributed by atoms with Gasteiger partial charge in [0.25, 0.3) is 0 Å². The number of benzene rings is 1. The highest BCUT2D eigenvalue weighted by molar-refractivity contribution is 5.85. The molecule has 0 bridgehead atoms. The highest BCUT2D eigenvalue weighted by atomic mass is 16.7. The third kappa shape index (κ3) is 1.79. The lowest BCUT2D eigenvalue weighted by Crippen LogP contribution is -2.34. The molecule has 0 N–H and O–H groups in total. The van der Waals surface area contributed by atoms with E-state index in [1.165, 1.54) is 6.42 Å². The van der Waals surface area contributed by atoms with Crippen molar-refractivity contribution >= 4 is 5.97 Å². The van der Waals surface area contributed by atoms with Crippen molar-refractivity contribution in [3.05, 3.63) is 35.9 Å². The number of ether oxygens (including phenoxy) is 2. The Morgan fingerprint density at radius 3 is 2.68 bits per heavy atom. The van der Waals surface area contributed by atoms with Crippen molar-refractivity contribution in [3.63, 3.8) is 0 Å². The van der Waals surface area contributed by atoms with Crippen LogP contribution in [0.25, 0.3) is 0 Å². The number of esters is 1. The Hall–Kier alpha value is -1.35. The third-order valence-electron chi connectivity index (χ3n) is 4.36. The highest BCUT2D eigenvalue weighted by Crippen LogP contribution is 2.63. The van der Waals surface area contributed by atoms with Gasteiger partial charge < -0.3 is 9.47 Å². The topological polar surface area (TPSA) is 38.8 Å². The maximum absolute atomic E-state index is 12.3. The van der Waals surface area contributed by atoms with E-state index >= 15 is 0 Å². The summed E-state index contributed by atoms with van der Waals surface area (Å²) in [4.78, 5) is 12.3. The Bertz CT molecular complexity index is 470. The smallest absolute Gasteiger partial charge is 0.341 e. The molecule has 1 aromatic rings. The zero-order chi connectivity index (χ0) is 13.3. The second kappa shape index (κ2) is 4.64. The van der Waals surface area contributed by atoms with Gasteiger partial charge in [0.05, 0.1) is 6.61 Å². The first-order valence-corrected chi connectivity index (χ1v) is 7.18. The number of epoxide rings is 1. The molecule has 0 spiro atoms. The van der Waals surface area contributed by atoms with E-state index in [2.05, 4.69) is 12.1 Å². The second-order valence-electron chi connectivity index (χ2n) is 5.40. The molecule has 1 heterocycles. The number of hydrogen-bond donors (Lipinski definition) is 0. The molecule has 0 amide bonds. The molecule has 2 unspecified atom stereocenters. The van der Waals surface area contributed by atoms with Crippen LogP contribution in [0, 0.1) is 0 Å². The summed E-state index contributed by atoms with van der Waals surface area (Å²) in [5.74, 6) is -0.180. The summed E-state index contributed by atoms with van der Waals surface area (Å²) in [6.07, 6.45) is 5.00. The van der Waals surface area contributed by atoms with Crippen LogP contribution >= 0.6 is 0 Å². The van der Waals surface area contributed by atoms with Gasteiger partial charge in [0, 0.05) is 0 Å². The maximum Gasteiger partial charge on any atom is 0.341 e. The van der Waals surface area contributed by atoms with Crippen LogP contribution in [-0.2, 0) is 19.9 Å². The van der Waals surface area contributed by atoms with Crippen LogP contribution in [0.4, 0.5) is 0 Å². The molecule has 2 fully saturated rings. The largest absolute Gasteiger partial charge is 0.464 e. The van der Waals surface area contributed by atoms with E-state index in [0.717, 1.165) is 31.2 Å². The molecule has 3 rings (SSSR count). The van der Waals surface area contributed by atoms with Gasteiger partial charge in [0.15, 0.2) is 5.60 Å². The summed E-state index contributed by atoms with van der Waals surface area (Å²) in [5, 5.41) is 0. The molecule has 1 aromatic carbocycles. The number of carbonyl (C=O) groups is 1. The Labute approximate surface area is 113 Å². The SMILES string of the molecule is CCOC(=O)C12CCCCCC1(c1ccccc1)O2. The number of carbonyl (C=O) groups excluding carboxylic acids is 1. The first-order valence-electron chi connectivity index (χ1n) is 7.18. The predicted octanol–water partition coefficient (Wildman–Crippen LogP) is 3.18. The third-order valence-corrected chi connectivity index (χ3v) is 4.36. The van der Waals surface area contributed by atoms with Crippen molar-refractivity contribution in [2.24, 2.45) is 0 Å². The van der Waals surface area contributed by atoms with E-state index in [9.17, 15) is 4.79 Å². The first kappa shape index (κ1) is 12.7. The van der Waals surface area contributed by atoms with Gasteiger partial charge in [-0.15, -0.1) is 0 Å². The molecule has 1 aliphatic carbocycles. The molecule has 1 saturated heterocycles. The predicted molar refractivity (Wildman–Crippen MR) is 71.7 cm³/mol. The molecule has 2 aliphatic rings. The van der Waals surface area contributed by atoms with E-state index < -0.39 is 11.2 Å². The summed E-state index contributed by atoms with van der Waals surface area (Å²) in [5.41, 5.74) is -0.0392. The van der Waals surface area contributed by atoms with Crippen LogP contribution in [-0.4, -0.2) is 18.2 Å². The van der Waals surface area contributed by atoms with Crippen molar-refractivity contribution in [1.29, 1.82) is 0 Å². The Balaban J connectivity index is 1.97. The van der Waals surface area contributed by atoms with E-state index in [4.69, 9.17) is 9.47 Å². The normalized spacial score (nSPS) is 33.1. The van der Waals surface area contributed by atoms with Crippen LogP contribution < -0.4 is 0 Å². The highest BCUT2D eigenvalue weighted by Gasteiger charge is 2.75. The van der Waals surface area contributed by atoms with Crippen molar-refractivity contribution in [2.45, 2.75) is 50.2 Å². The summed E-state index contributed by atoms with van der Waals surface area (Å²) < 4.78 is 11.3. The number of rotatable bonds is 3. The van der Waals surface area contributed by atoms with Crippen LogP contribution in [0.5, 0.6) is 0 Å². The van der Waals surface area contributed by atoms with Gasteiger partial charge in [-0.25, -0.2) is 4.79 Å². The van der Waals surface area contributed by atoms with Crippen LogP contribution in [0.3, 0.4) is 0 Å². The van der Waals surface area contributed by atoms with E-state index in [1.54, 1.807) is 0 Å². The number of fused-ring (bicyclic) bond motifs is 1. The van der Waals surface area contributed by atoms with Crippen molar-refractivity contribution < 1.29 is 14.3 Å². The molecule has 0 aromatic heterocycles. The van der Waals surface area contributed by atoms with Gasteiger partial charge in [-0.1, -0.05) is 43.2 Å². The van der Waals surface area contributed by atoms with Gasteiger partial charge in [0.1, 0.15) is 5.60 Å². The van der Waals surface area contributed by atoms with Gasteiger partial charge in [-0.05, 0) is 31.7 Å². The average Bonchev–Trinajstić information content (AvgIpc) is 3.11. The summed E-state index contributed by atoms with van der Waals surface area (Å²) >= 11 is 0. The molecular weight excluding hydrogens is 240 g/mol. The minimum absolute atomic E-state index is 0.180. The molecule has 3 nitrogen and oxygen atoms in total. The van der Waals surface area contributed by atoms with Crippen molar-refractivity contribution in [1.82, 2.24) is 0 Å². The fraction of sp³-hybridized carbons (Fsp3) is 0.562. The van der Waals surface area contributed by atoms with Gasteiger partial charge in [0.2, 0.25) is 0 Å². The zero-order valence-corrected chi connectivity index (χ0v) is 11.4. The fourth-order valence-electron chi connectivity index (χ4n) is 3.40. The van der Waals surface area contributed by atoms with E-state index in [0.29, 0.717) is 6.61 Å². The minimum atomic E-state index is -0.721. The van der Waals surface area contributed by atoms with Crippen LogP contribution in [0.15, 0.2) is 30.3 Å². The molecule has 1 saturated carbocycles. The lowest BCUT2D eigenvalue weighted by atomic mass is 9.82. The monoisotopic (exact) mass is 260 g/mol. The molecule has 2 atom stereocenters. The van der Waals surface area contributed by atoms with E-state index in [1.807, 2.05) is 25.1 Å². The van der Waals surface area contributed by atoms with Gasteiger partial charge in [-0.2, -0.15) is 0 Å². The summed E-state index contributed by atoms with van der Waals surface area (Å²) in [6, 6.07) is 10.1. The maximum atomic E-state index is 12.3. The average molecular weight is 260 g/mol. The summed E-state index contributed by atoms with van der Waals surface area (Å²) in [7, 11) is 0. The first-order chi connectivity index (χ1) is 9.25. The fourth-order valence-corrected chi connectivity index (χ4v) is 3.40. The minimum Gasteiger partial charge on any atom is -0.464 e. The molecule has 3 heteroatoms. The van der Waals surface area contributed by atoms with Crippen LogP contribution in [0.2, 0.25) is 0 Å². The second-order valence-corrected chi connectivity index (χ2v) is 5.40. The van der Waals surface area contributed by atoms with Crippen molar-refractivity contribution in [3.8, 4) is 0 Å². The van der Waals surface area contributed by atoms with Gasteiger partial charge in [-0.3, -0.25) is 0 Å². The van der Waals surface area contributed by atoms with Crippen molar-refractivity contribution in [2.75, 3.05) is 6.61 Å². The summed E-state index contributed by atoms with van der Waals surface area (Å²) in [6.45, 7) is 2.26. The Morgan fingerprint density at radius 2 is 1.95 bits per heavy atom. The van der Waals surface area contributed by atoms with Crippen LogP contribution in [0.1, 0.15) is 44.6 Å². The molecular formula is C16H20O3. The standard InChI is InChI=1S/C16H20O3/c1-2-18-14(17)16-12-8-4-7-11-15(16,19-16)13-9-5-3-6-10-13/h3,5-6,9-10H,2,4,7-8,11-12H2,1H3. The van der Waals surface area contributed by atoms with Gasteiger partial charge >= 0.3 is 5.97 Å². The quantitative estimate of drug-likeness (QED) is 0.619. The lowest BCUT2D eigenvalue weighted by molar-refractivity contribution is -0.149. The molecule has 19 heavy (non-hydrogen) atoms. The Kier molecular flexibility index (Phi) is 3.09. The zero-order valence-electron chi connectivity index (χ0n) is 11.4. The molecule has 1 aliphatic heterocycles. The molecule has 0 radical (unpaired) electrons. The Morgan fingerprint density at radius 1 is 1.21 bits per heavy atom. The molecule has 102 valence electrons. The number of hydrogen-bond acceptors (Lipinski definition) is 3.